The Morgan fingerprint density at radius 1 is 1.69 bits per heavy atom. The average Bonchev–Trinajstić information content (AvgIpc) is 2.66. The number of hydrazone groups is 1. The number of ether oxygens (including phenoxy) is 1. The summed E-state index contributed by atoms with van der Waals surface area (Å²) < 4.78 is 8.81. The van der Waals surface area contributed by atoms with Gasteiger partial charge in [-0.3, -0.25) is 5.21 Å². The van der Waals surface area contributed by atoms with Crippen molar-refractivity contribution >= 4 is 17.7 Å². The third-order valence-electron chi connectivity index (χ3n) is 1.38. The van der Waals surface area contributed by atoms with Crippen molar-refractivity contribution in [2.75, 3.05) is 12.3 Å². The van der Waals surface area contributed by atoms with Crippen LogP contribution in [0.3, 0.4) is 0 Å². The summed E-state index contributed by atoms with van der Waals surface area (Å²) in [6, 6.07) is 0. The van der Waals surface area contributed by atoms with E-state index in [4.69, 9.17) is 10.9 Å². The molecule has 88 valence electrons. The maximum Gasteiger partial charge on any atom is 0.427 e. The smallest absolute Gasteiger partial charge is 0.427 e. The summed E-state index contributed by atoms with van der Waals surface area (Å²) in [6.45, 7) is 1.82. The Hall–Kier alpha value is -2.36. The van der Waals surface area contributed by atoms with E-state index in [1.54, 1.807) is 12.4 Å². The Balaban J connectivity index is 2.71. The average molecular weight is 230 g/mol. The minimum Gasteiger partial charge on any atom is -0.449 e. The Bertz CT molecular complexity index is 388. The molecule has 0 saturated carbocycles. The molecule has 1 aromatic heterocycles. The van der Waals surface area contributed by atoms with E-state index in [0.29, 0.717) is 0 Å². The van der Waals surface area contributed by atoms with Crippen LogP contribution < -0.4 is 16.6 Å². The molecule has 0 atom stereocenters. The van der Waals surface area contributed by atoms with Gasteiger partial charge >= 0.3 is 6.09 Å². The molecular formula is C6H10N6O4. The van der Waals surface area contributed by atoms with Crippen LogP contribution >= 0.6 is 0 Å². The van der Waals surface area contributed by atoms with Gasteiger partial charge in [0, 0.05) is 0 Å². The largest absolute Gasteiger partial charge is 0.449 e. The second-order valence-corrected chi connectivity index (χ2v) is 2.40. The van der Waals surface area contributed by atoms with Gasteiger partial charge in [0.25, 0.3) is 0 Å². The first-order valence-corrected chi connectivity index (χ1v) is 4.18. The number of carbonyl (C=O) groups excluding carboxylic acids is 1. The molecule has 16 heavy (non-hydrogen) atoms. The van der Waals surface area contributed by atoms with Gasteiger partial charge in [-0.15, -0.1) is 5.10 Å². The van der Waals surface area contributed by atoms with E-state index in [9.17, 15) is 4.79 Å². The predicted octanol–water partition coefficient (Wildman–Crippen LogP) is -0.962. The van der Waals surface area contributed by atoms with Crippen LogP contribution in [0, 0.1) is 0 Å². The van der Waals surface area contributed by atoms with Gasteiger partial charge in [0.15, 0.2) is 11.5 Å². The fourth-order valence-electron chi connectivity index (χ4n) is 0.756. The van der Waals surface area contributed by atoms with E-state index < -0.39 is 6.09 Å². The number of rotatable bonds is 3. The standard InChI is InChI=1S/C6H10N6O4/c1-2-15-6(13)9-8-5(10-14)3-4(7)12-16-11-3/h14H,2H2,1H3,(H2,7,12)(H,8,10)(H,9,13). The number of hydroxylamine groups is 1. The number of nitrogens with zero attached hydrogens (tertiary/aromatic N) is 3. The van der Waals surface area contributed by atoms with Crippen molar-refractivity contribution in [2.24, 2.45) is 5.10 Å². The number of nitrogens with two attached hydrogens (primary N) is 1. The first-order valence-electron chi connectivity index (χ1n) is 4.18. The molecule has 1 heterocycles. The zero-order chi connectivity index (χ0) is 12.0. The second kappa shape index (κ2) is 5.50. The number of hydrogen-bond acceptors (Lipinski definition) is 8. The normalized spacial score (nSPS) is 11.0. The van der Waals surface area contributed by atoms with Crippen molar-refractivity contribution in [3.8, 4) is 0 Å². The zero-order valence-electron chi connectivity index (χ0n) is 8.30. The minimum atomic E-state index is -0.787. The molecule has 5 N–H and O–H groups in total. The molecule has 0 aromatic carbocycles. The van der Waals surface area contributed by atoms with E-state index in [0.717, 1.165) is 0 Å². The van der Waals surface area contributed by atoms with Crippen LogP contribution in [0.1, 0.15) is 12.6 Å². The van der Waals surface area contributed by atoms with Crippen LogP contribution in [0.5, 0.6) is 0 Å². The van der Waals surface area contributed by atoms with Gasteiger partial charge in [-0.2, -0.15) is 0 Å². The Morgan fingerprint density at radius 2 is 2.44 bits per heavy atom. The van der Waals surface area contributed by atoms with Crippen molar-refractivity contribution in [2.45, 2.75) is 6.92 Å². The van der Waals surface area contributed by atoms with Crippen molar-refractivity contribution in [3.63, 3.8) is 0 Å². The predicted molar refractivity (Wildman–Crippen MR) is 50.3 cm³/mol. The first-order chi connectivity index (χ1) is 7.69. The molecule has 10 nitrogen and oxygen atoms in total. The highest BCUT2D eigenvalue weighted by Crippen LogP contribution is 2.03. The van der Waals surface area contributed by atoms with Crippen molar-refractivity contribution in [1.82, 2.24) is 21.2 Å². The molecule has 0 spiro atoms. The van der Waals surface area contributed by atoms with Crippen LogP contribution in [-0.4, -0.2) is 34.1 Å². The summed E-state index contributed by atoms with van der Waals surface area (Å²) in [6.07, 6.45) is -0.787. The highest BCUT2D eigenvalue weighted by atomic mass is 16.6. The Kier molecular flexibility index (Phi) is 4.03. The van der Waals surface area contributed by atoms with Crippen molar-refractivity contribution < 1.29 is 19.4 Å². The molecule has 1 rings (SSSR count). The molecule has 0 saturated heterocycles. The lowest BCUT2D eigenvalue weighted by Crippen LogP contribution is -2.28. The number of aromatic nitrogens is 2. The Labute approximate surface area is 89.4 Å². The van der Waals surface area contributed by atoms with Crippen LogP contribution in [0.4, 0.5) is 10.6 Å². The summed E-state index contributed by atoms with van der Waals surface area (Å²) in [7, 11) is 0. The van der Waals surface area contributed by atoms with Gasteiger partial charge in [0.1, 0.15) is 0 Å². The lowest BCUT2D eigenvalue weighted by Gasteiger charge is -2.02. The van der Waals surface area contributed by atoms with Gasteiger partial charge in [-0.1, -0.05) is 0 Å². The van der Waals surface area contributed by atoms with Gasteiger partial charge in [-0.05, 0) is 17.2 Å². The van der Waals surface area contributed by atoms with E-state index >= 15 is 0 Å². The zero-order valence-corrected chi connectivity index (χ0v) is 8.30. The molecule has 0 bridgehead atoms. The lowest BCUT2D eigenvalue weighted by atomic mass is 10.4. The highest BCUT2D eigenvalue weighted by Gasteiger charge is 2.14. The molecule has 0 aliphatic rings. The first kappa shape index (κ1) is 11.7. The number of hydrogen-bond donors (Lipinski definition) is 4. The summed E-state index contributed by atoms with van der Waals surface area (Å²) >= 11 is 0. The van der Waals surface area contributed by atoms with Crippen molar-refractivity contribution in [1.29, 1.82) is 0 Å². The van der Waals surface area contributed by atoms with Crippen LogP contribution in [-0.2, 0) is 4.74 Å². The Morgan fingerprint density at radius 3 is 2.94 bits per heavy atom. The summed E-state index contributed by atoms with van der Waals surface area (Å²) in [4.78, 5) is 10.9. The van der Waals surface area contributed by atoms with Crippen LogP contribution in [0.2, 0.25) is 0 Å². The topological polar surface area (TPSA) is 148 Å². The number of nitrogen functional groups attached to an aromatic ring is 1. The maximum absolute atomic E-state index is 10.9. The third-order valence-corrected chi connectivity index (χ3v) is 1.38. The lowest BCUT2D eigenvalue weighted by molar-refractivity contribution is 0.152. The summed E-state index contributed by atoms with van der Waals surface area (Å²) in [5.41, 5.74) is 8.97. The molecular weight excluding hydrogens is 220 g/mol. The fourth-order valence-corrected chi connectivity index (χ4v) is 0.756. The van der Waals surface area contributed by atoms with E-state index in [1.165, 1.54) is 0 Å². The molecule has 1 aromatic rings. The van der Waals surface area contributed by atoms with Crippen LogP contribution in [0.15, 0.2) is 9.73 Å². The van der Waals surface area contributed by atoms with Gasteiger partial charge in [0.2, 0.25) is 5.84 Å². The summed E-state index contributed by atoms with van der Waals surface area (Å²) in [5, 5.41) is 18.8. The van der Waals surface area contributed by atoms with Crippen molar-refractivity contribution in [3.05, 3.63) is 5.69 Å². The highest BCUT2D eigenvalue weighted by molar-refractivity contribution is 5.99. The number of amides is 1. The van der Waals surface area contributed by atoms with Gasteiger partial charge in [0.05, 0.1) is 6.61 Å². The molecule has 0 radical (unpaired) electrons. The van der Waals surface area contributed by atoms with Crippen LogP contribution in [0.25, 0.3) is 0 Å². The minimum absolute atomic E-state index is 0.0423. The molecule has 0 unspecified atom stereocenters. The van der Waals surface area contributed by atoms with Gasteiger partial charge < -0.3 is 10.5 Å². The monoisotopic (exact) mass is 230 g/mol. The number of anilines is 1. The van der Waals surface area contributed by atoms with E-state index in [2.05, 4.69) is 24.8 Å². The van der Waals surface area contributed by atoms with Gasteiger partial charge in [-0.25, -0.2) is 20.3 Å². The van der Waals surface area contributed by atoms with E-state index in [1.807, 2.05) is 5.43 Å². The molecule has 0 aliphatic heterocycles. The molecule has 0 aliphatic carbocycles. The summed E-state index contributed by atoms with van der Waals surface area (Å²) in [5.74, 6) is -0.322. The second-order valence-electron chi connectivity index (χ2n) is 2.40. The quantitative estimate of drug-likeness (QED) is 0.294. The number of amidine groups is 1. The third kappa shape index (κ3) is 2.81. The number of carbonyl (C=O) groups is 1. The fraction of sp³-hybridized carbons (Fsp3) is 0.333. The molecule has 0 fully saturated rings. The SMILES string of the molecule is CCOC(=O)NN=C(NO)c1nonc1N. The number of nitrogens with one attached hydrogen (secondary N) is 2. The van der Waals surface area contributed by atoms with E-state index in [-0.39, 0.29) is 24.0 Å². The molecule has 10 heteroatoms. The molecule has 1 amide bonds. The maximum atomic E-state index is 10.9.